The maximum absolute atomic E-state index is 10.8. The predicted octanol–water partition coefficient (Wildman–Crippen LogP) is 1.63. The summed E-state index contributed by atoms with van der Waals surface area (Å²) in [4.78, 5) is 12.6. The third-order valence-corrected chi connectivity index (χ3v) is 3.20. The van der Waals surface area contributed by atoms with E-state index in [-0.39, 0.29) is 12.2 Å². The van der Waals surface area contributed by atoms with E-state index in [1.807, 2.05) is 4.90 Å². The molecule has 0 radical (unpaired) electrons. The number of phenols is 1. The van der Waals surface area contributed by atoms with Crippen molar-refractivity contribution in [1.29, 1.82) is 0 Å². The number of benzene rings is 1. The molecule has 112 valence electrons. The number of anilines is 1. The van der Waals surface area contributed by atoms with Crippen LogP contribution in [0.2, 0.25) is 0 Å². The van der Waals surface area contributed by atoms with Gasteiger partial charge in [-0.3, -0.25) is 4.79 Å². The molecule has 0 fully saturated rings. The van der Waals surface area contributed by atoms with Crippen molar-refractivity contribution in [3.8, 4) is 5.75 Å². The first-order chi connectivity index (χ1) is 9.49. The zero-order valence-corrected chi connectivity index (χ0v) is 12.4. The van der Waals surface area contributed by atoms with Crippen LogP contribution in [0.1, 0.15) is 5.56 Å². The van der Waals surface area contributed by atoms with Crippen LogP contribution in [0.25, 0.3) is 0 Å². The number of hydrogen-bond acceptors (Lipinski definition) is 4. The van der Waals surface area contributed by atoms with Crippen molar-refractivity contribution in [3.05, 3.63) is 23.8 Å². The van der Waals surface area contributed by atoms with E-state index in [2.05, 4.69) is 0 Å². The van der Waals surface area contributed by atoms with Gasteiger partial charge in [0.1, 0.15) is 11.8 Å². The van der Waals surface area contributed by atoms with Gasteiger partial charge in [-0.05, 0) is 24.1 Å². The number of rotatable bonds is 8. The maximum atomic E-state index is 10.8. The number of aliphatic carboxylic acids is 1. The molecule has 7 heteroatoms. The number of alkyl halides is 2. The number of nitrogens with two attached hydrogens (primary N) is 1. The lowest BCUT2D eigenvalue weighted by molar-refractivity contribution is -0.138. The van der Waals surface area contributed by atoms with Gasteiger partial charge in [0, 0.05) is 24.8 Å². The average molecular weight is 321 g/mol. The summed E-state index contributed by atoms with van der Waals surface area (Å²) in [7, 11) is 0. The number of halogens is 2. The fraction of sp³-hybridized carbons (Fsp3) is 0.462. The minimum absolute atomic E-state index is 0.105. The number of hydrogen-bond donors (Lipinski definition) is 3. The van der Waals surface area contributed by atoms with E-state index < -0.39 is 12.0 Å². The molecule has 0 bridgehead atoms. The van der Waals surface area contributed by atoms with Crippen LogP contribution in [0.5, 0.6) is 5.75 Å². The van der Waals surface area contributed by atoms with Gasteiger partial charge < -0.3 is 20.8 Å². The van der Waals surface area contributed by atoms with Crippen molar-refractivity contribution in [2.24, 2.45) is 5.73 Å². The summed E-state index contributed by atoms with van der Waals surface area (Å²) in [6.45, 7) is 1.08. The molecule has 0 aliphatic carbocycles. The third kappa shape index (κ3) is 4.74. The van der Waals surface area contributed by atoms with E-state index in [1.54, 1.807) is 12.1 Å². The molecular formula is C13H18Cl2N2O3. The van der Waals surface area contributed by atoms with E-state index in [9.17, 15) is 9.90 Å². The van der Waals surface area contributed by atoms with Crippen LogP contribution in [0.15, 0.2) is 18.2 Å². The molecular weight excluding hydrogens is 303 g/mol. The predicted molar refractivity (Wildman–Crippen MR) is 81.1 cm³/mol. The first kappa shape index (κ1) is 16.9. The zero-order valence-electron chi connectivity index (χ0n) is 10.9. The highest BCUT2D eigenvalue weighted by Crippen LogP contribution is 2.28. The van der Waals surface area contributed by atoms with Crippen LogP contribution < -0.4 is 10.6 Å². The van der Waals surface area contributed by atoms with E-state index in [0.717, 1.165) is 5.56 Å². The fourth-order valence-electron chi connectivity index (χ4n) is 1.85. The number of phenolic OH excluding ortho intramolecular Hbond substituents is 1. The first-order valence-electron chi connectivity index (χ1n) is 6.16. The van der Waals surface area contributed by atoms with Gasteiger partial charge >= 0.3 is 5.97 Å². The normalized spacial score (nSPS) is 12.2. The Bertz CT molecular complexity index is 451. The first-order valence-corrected chi connectivity index (χ1v) is 7.23. The number of nitrogens with zero attached hydrogens (tertiary/aromatic N) is 1. The monoisotopic (exact) mass is 320 g/mol. The van der Waals surface area contributed by atoms with Crippen LogP contribution in [0.4, 0.5) is 5.69 Å². The van der Waals surface area contributed by atoms with Gasteiger partial charge in [-0.2, -0.15) is 0 Å². The molecule has 1 atom stereocenters. The largest absolute Gasteiger partial charge is 0.506 e. The molecule has 4 N–H and O–H groups in total. The van der Waals surface area contributed by atoms with Gasteiger partial charge in [0.2, 0.25) is 0 Å². The molecule has 0 heterocycles. The Hall–Kier alpha value is -1.17. The summed E-state index contributed by atoms with van der Waals surface area (Å²) in [5, 5.41) is 18.8. The lowest BCUT2D eigenvalue weighted by Gasteiger charge is -2.24. The Morgan fingerprint density at radius 1 is 1.30 bits per heavy atom. The quantitative estimate of drug-likeness (QED) is 0.634. The van der Waals surface area contributed by atoms with E-state index in [0.29, 0.717) is 30.5 Å². The molecule has 0 saturated heterocycles. The van der Waals surface area contributed by atoms with Crippen molar-refractivity contribution in [2.45, 2.75) is 12.5 Å². The third-order valence-electron chi connectivity index (χ3n) is 2.86. The molecule has 0 spiro atoms. The standard InChI is InChI=1S/C13H18Cl2N2O3/c14-3-5-17(6-4-15)11-8-9(1-2-12(11)18)7-10(16)13(19)20/h1-2,8,10,18H,3-7,16H2,(H,19,20)/t10-/m0/s1. The van der Waals surface area contributed by atoms with Gasteiger partial charge in [-0.25, -0.2) is 0 Å². The smallest absolute Gasteiger partial charge is 0.320 e. The number of carbonyl (C=O) groups is 1. The van der Waals surface area contributed by atoms with Crippen molar-refractivity contribution < 1.29 is 15.0 Å². The van der Waals surface area contributed by atoms with Gasteiger partial charge in [0.15, 0.2) is 0 Å². The second-order valence-electron chi connectivity index (χ2n) is 4.34. The molecule has 0 aromatic heterocycles. The number of carboxylic acid groups (broad SMARTS) is 1. The Morgan fingerprint density at radius 3 is 2.40 bits per heavy atom. The summed E-state index contributed by atoms with van der Waals surface area (Å²) < 4.78 is 0. The van der Waals surface area contributed by atoms with E-state index in [4.69, 9.17) is 34.0 Å². The van der Waals surface area contributed by atoms with Crippen molar-refractivity contribution in [3.63, 3.8) is 0 Å². The molecule has 1 aromatic carbocycles. The summed E-state index contributed by atoms with van der Waals surface area (Å²) >= 11 is 11.5. The molecule has 0 aliphatic heterocycles. The fourth-order valence-corrected chi connectivity index (χ4v) is 2.26. The Labute approximate surface area is 127 Å². The molecule has 0 amide bonds. The highest BCUT2D eigenvalue weighted by molar-refractivity contribution is 6.18. The Balaban J connectivity index is 2.97. The summed E-state index contributed by atoms with van der Waals surface area (Å²) in [6, 6.07) is 3.93. The van der Waals surface area contributed by atoms with Crippen molar-refractivity contribution >= 4 is 34.9 Å². The average Bonchev–Trinajstić information content (AvgIpc) is 2.40. The van der Waals surface area contributed by atoms with Crippen LogP contribution in [-0.2, 0) is 11.2 Å². The Kier molecular flexibility index (Phi) is 6.91. The van der Waals surface area contributed by atoms with Gasteiger partial charge in [0.25, 0.3) is 0 Å². The molecule has 20 heavy (non-hydrogen) atoms. The lowest BCUT2D eigenvalue weighted by atomic mass is 10.1. The summed E-state index contributed by atoms with van der Waals surface area (Å²) in [5.74, 6) is -0.157. The van der Waals surface area contributed by atoms with Crippen LogP contribution >= 0.6 is 23.2 Å². The molecule has 0 saturated carbocycles. The molecule has 1 aromatic rings. The maximum Gasteiger partial charge on any atom is 0.320 e. The van der Waals surface area contributed by atoms with E-state index in [1.165, 1.54) is 6.07 Å². The molecule has 0 unspecified atom stereocenters. The lowest BCUT2D eigenvalue weighted by Crippen LogP contribution is -2.32. The zero-order chi connectivity index (χ0) is 15.1. The summed E-state index contributed by atoms with van der Waals surface area (Å²) in [6.07, 6.45) is 0.193. The number of carboxylic acids is 1. The molecule has 1 rings (SSSR count). The minimum Gasteiger partial charge on any atom is -0.506 e. The van der Waals surface area contributed by atoms with Crippen molar-refractivity contribution in [1.82, 2.24) is 0 Å². The van der Waals surface area contributed by atoms with Gasteiger partial charge in [0.05, 0.1) is 5.69 Å². The van der Waals surface area contributed by atoms with Gasteiger partial charge in [-0.15, -0.1) is 23.2 Å². The topological polar surface area (TPSA) is 86.8 Å². The van der Waals surface area contributed by atoms with Crippen LogP contribution in [0.3, 0.4) is 0 Å². The second kappa shape index (κ2) is 8.19. The minimum atomic E-state index is -1.06. The highest BCUT2D eigenvalue weighted by Gasteiger charge is 2.15. The SMILES string of the molecule is N[C@@H](Cc1ccc(O)c(N(CCCl)CCCl)c1)C(=O)O. The highest BCUT2D eigenvalue weighted by atomic mass is 35.5. The van der Waals surface area contributed by atoms with Crippen LogP contribution in [0, 0.1) is 0 Å². The van der Waals surface area contributed by atoms with E-state index >= 15 is 0 Å². The van der Waals surface area contributed by atoms with Crippen molar-refractivity contribution in [2.75, 3.05) is 29.7 Å². The van der Waals surface area contributed by atoms with Crippen LogP contribution in [-0.4, -0.2) is 47.1 Å². The summed E-state index contributed by atoms with van der Waals surface area (Å²) in [5.41, 5.74) is 6.83. The van der Waals surface area contributed by atoms with Gasteiger partial charge in [-0.1, -0.05) is 6.07 Å². The molecule has 5 nitrogen and oxygen atoms in total. The Morgan fingerprint density at radius 2 is 1.90 bits per heavy atom. The second-order valence-corrected chi connectivity index (χ2v) is 5.09. The molecule has 0 aliphatic rings. The number of aromatic hydroxyl groups is 1.